The predicted octanol–water partition coefficient (Wildman–Crippen LogP) is 1.83. The lowest BCUT2D eigenvalue weighted by Crippen LogP contribution is -2.28. The number of hydrogen-bond donors (Lipinski definition) is 3. The fourth-order valence-electron chi connectivity index (χ4n) is 2.87. The molecule has 7 nitrogen and oxygen atoms in total. The van der Waals surface area contributed by atoms with Crippen LogP contribution >= 0.6 is 11.3 Å². The molecule has 1 aliphatic rings. The second-order valence-electron chi connectivity index (χ2n) is 5.94. The maximum Gasteiger partial charge on any atom is 0.338 e. The number of aryl methyl sites for hydroxylation is 1. The SMILES string of the molecule is Cc1cccc([C@@H](C)NS(=O)(=O)c2sc3c(c2C(=O)O)CCNC3)n1. The van der Waals surface area contributed by atoms with Crippen molar-refractivity contribution in [2.24, 2.45) is 0 Å². The highest BCUT2D eigenvalue weighted by Gasteiger charge is 2.32. The van der Waals surface area contributed by atoms with Crippen molar-refractivity contribution in [3.05, 3.63) is 45.6 Å². The van der Waals surface area contributed by atoms with Gasteiger partial charge in [0, 0.05) is 17.1 Å². The van der Waals surface area contributed by atoms with Gasteiger partial charge in [0.2, 0.25) is 0 Å². The molecule has 0 radical (unpaired) electrons. The number of thiophene rings is 1. The topological polar surface area (TPSA) is 108 Å². The van der Waals surface area contributed by atoms with E-state index in [-0.39, 0.29) is 9.77 Å². The Morgan fingerprint density at radius 2 is 2.20 bits per heavy atom. The Morgan fingerprint density at radius 1 is 1.44 bits per heavy atom. The van der Waals surface area contributed by atoms with Crippen LogP contribution in [0.2, 0.25) is 0 Å². The molecule has 134 valence electrons. The van der Waals surface area contributed by atoms with E-state index in [0.717, 1.165) is 21.9 Å². The summed E-state index contributed by atoms with van der Waals surface area (Å²) in [4.78, 5) is 16.8. The number of carbonyl (C=O) groups is 1. The summed E-state index contributed by atoms with van der Waals surface area (Å²) in [6.07, 6.45) is 0.512. The number of fused-ring (bicyclic) bond motifs is 1. The highest BCUT2D eigenvalue weighted by molar-refractivity contribution is 7.91. The van der Waals surface area contributed by atoms with Gasteiger partial charge >= 0.3 is 5.97 Å². The average Bonchev–Trinajstić information content (AvgIpc) is 2.95. The third-order valence-electron chi connectivity index (χ3n) is 4.04. The number of pyridine rings is 1. The Hall–Kier alpha value is -1.81. The lowest BCUT2D eigenvalue weighted by molar-refractivity contribution is 0.0692. The molecule has 0 unspecified atom stereocenters. The van der Waals surface area contributed by atoms with Crippen LogP contribution in [0.4, 0.5) is 0 Å². The van der Waals surface area contributed by atoms with Gasteiger partial charge in [0.25, 0.3) is 10.0 Å². The van der Waals surface area contributed by atoms with Gasteiger partial charge in [-0.2, -0.15) is 0 Å². The second-order valence-corrected chi connectivity index (χ2v) is 8.96. The number of aromatic nitrogens is 1. The van der Waals surface area contributed by atoms with E-state index < -0.39 is 22.0 Å². The zero-order valence-electron chi connectivity index (χ0n) is 13.9. The maximum absolute atomic E-state index is 12.8. The third kappa shape index (κ3) is 3.59. The number of sulfonamides is 1. The zero-order valence-corrected chi connectivity index (χ0v) is 15.5. The Kier molecular flexibility index (Phi) is 4.92. The third-order valence-corrected chi connectivity index (χ3v) is 7.33. The smallest absolute Gasteiger partial charge is 0.338 e. The largest absolute Gasteiger partial charge is 0.478 e. The molecule has 3 rings (SSSR count). The van der Waals surface area contributed by atoms with Crippen molar-refractivity contribution in [3.63, 3.8) is 0 Å². The highest BCUT2D eigenvalue weighted by atomic mass is 32.2. The van der Waals surface area contributed by atoms with Crippen LogP contribution in [0.5, 0.6) is 0 Å². The van der Waals surface area contributed by atoms with E-state index in [4.69, 9.17) is 0 Å². The van der Waals surface area contributed by atoms with Crippen molar-refractivity contribution in [1.82, 2.24) is 15.0 Å². The molecule has 0 saturated carbocycles. The molecule has 0 aliphatic carbocycles. The van der Waals surface area contributed by atoms with Crippen LogP contribution in [0.15, 0.2) is 22.4 Å². The molecule has 0 spiro atoms. The summed E-state index contributed by atoms with van der Waals surface area (Å²) in [7, 11) is -3.97. The standard InChI is InChI=1S/C16H19N3O4S2/c1-9-4-3-5-12(18-9)10(2)19-25(22,23)16-14(15(20)21)11-6-7-17-8-13(11)24-16/h3-5,10,17,19H,6-8H2,1-2H3,(H,20,21)/t10-/m1/s1. The molecule has 2 aromatic rings. The first-order valence-corrected chi connectivity index (χ1v) is 10.1. The minimum Gasteiger partial charge on any atom is -0.478 e. The van der Waals surface area contributed by atoms with Crippen molar-refractivity contribution in [2.45, 2.75) is 37.1 Å². The summed E-state index contributed by atoms with van der Waals surface area (Å²) in [6, 6.07) is 4.81. The number of rotatable bonds is 5. The number of carboxylic acids is 1. The Labute approximate surface area is 150 Å². The molecule has 2 aromatic heterocycles. The van der Waals surface area contributed by atoms with Crippen LogP contribution in [0, 0.1) is 6.92 Å². The van der Waals surface area contributed by atoms with E-state index in [1.165, 1.54) is 0 Å². The van der Waals surface area contributed by atoms with Crippen LogP contribution in [0.3, 0.4) is 0 Å². The summed E-state index contributed by atoms with van der Waals surface area (Å²) >= 11 is 1.02. The first-order valence-electron chi connectivity index (χ1n) is 7.84. The average molecular weight is 381 g/mol. The molecular formula is C16H19N3O4S2. The van der Waals surface area contributed by atoms with Gasteiger partial charge in [-0.25, -0.2) is 17.9 Å². The first kappa shape index (κ1) is 18.0. The van der Waals surface area contributed by atoms with Crippen LogP contribution in [-0.4, -0.2) is 31.0 Å². The zero-order chi connectivity index (χ0) is 18.2. The molecule has 0 aromatic carbocycles. The molecule has 1 aliphatic heterocycles. The molecule has 0 bridgehead atoms. The van der Waals surface area contributed by atoms with Gasteiger partial charge in [-0.3, -0.25) is 4.98 Å². The van der Waals surface area contributed by atoms with Gasteiger partial charge in [-0.1, -0.05) is 6.07 Å². The molecule has 0 saturated heterocycles. The Morgan fingerprint density at radius 3 is 2.88 bits per heavy atom. The van der Waals surface area contributed by atoms with Gasteiger partial charge in [-0.05, 0) is 44.5 Å². The molecule has 0 fully saturated rings. The normalized spacial score (nSPS) is 15.6. The molecule has 25 heavy (non-hydrogen) atoms. The van der Waals surface area contributed by atoms with Crippen LogP contribution in [-0.2, 0) is 23.0 Å². The van der Waals surface area contributed by atoms with Crippen molar-refractivity contribution in [1.29, 1.82) is 0 Å². The number of aromatic carboxylic acids is 1. The summed E-state index contributed by atoms with van der Waals surface area (Å²) in [6.45, 7) is 4.65. The monoisotopic (exact) mass is 381 g/mol. The lowest BCUT2D eigenvalue weighted by atomic mass is 10.1. The van der Waals surface area contributed by atoms with E-state index in [0.29, 0.717) is 30.8 Å². The Balaban J connectivity index is 1.97. The van der Waals surface area contributed by atoms with Gasteiger partial charge < -0.3 is 10.4 Å². The van der Waals surface area contributed by atoms with Crippen LogP contribution in [0.25, 0.3) is 0 Å². The summed E-state index contributed by atoms with van der Waals surface area (Å²) in [5, 5.41) is 12.7. The van der Waals surface area contributed by atoms with E-state index >= 15 is 0 Å². The van der Waals surface area contributed by atoms with Gasteiger partial charge in [-0.15, -0.1) is 11.3 Å². The predicted molar refractivity (Wildman–Crippen MR) is 94.4 cm³/mol. The minimum absolute atomic E-state index is 0.0987. The number of hydrogen-bond acceptors (Lipinski definition) is 6. The molecule has 3 N–H and O–H groups in total. The van der Waals surface area contributed by atoms with Gasteiger partial charge in [0.1, 0.15) is 4.21 Å². The highest BCUT2D eigenvalue weighted by Crippen LogP contribution is 2.35. The van der Waals surface area contributed by atoms with E-state index in [1.807, 2.05) is 13.0 Å². The Bertz CT molecular complexity index is 921. The minimum atomic E-state index is -3.97. The van der Waals surface area contributed by atoms with Gasteiger partial charge in [0.05, 0.1) is 17.3 Å². The number of nitrogens with one attached hydrogen (secondary N) is 2. The van der Waals surface area contributed by atoms with E-state index in [1.54, 1.807) is 19.1 Å². The summed E-state index contributed by atoms with van der Waals surface area (Å²) in [5.74, 6) is -1.21. The van der Waals surface area contributed by atoms with Crippen molar-refractivity contribution in [3.8, 4) is 0 Å². The summed E-state index contributed by atoms with van der Waals surface area (Å²) in [5.41, 5.74) is 1.90. The van der Waals surface area contributed by atoms with E-state index in [2.05, 4.69) is 15.0 Å². The van der Waals surface area contributed by atoms with Crippen molar-refractivity contribution >= 4 is 27.3 Å². The molecule has 9 heteroatoms. The van der Waals surface area contributed by atoms with Crippen molar-refractivity contribution in [2.75, 3.05) is 6.54 Å². The van der Waals surface area contributed by atoms with Gasteiger partial charge in [0.15, 0.2) is 0 Å². The second kappa shape index (κ2) is 6.83. The summed E-state index contributed by atoms with van der Waals surface area (Å²) < 4.78 is 28.1. The molecule has 3 heterocycles. The number of nitrogens with zero attached hydrogens (tertiary/aromatic N) is 1. The maximum atomic E-state index is 12.8. The van der Waals surface area contributed by atoms with Crippen molar-refractivity contribution < 1.29 is 18.3 Å². The van der Waals surface area contributed by atoms with Crippen LogP contribution in [0.1, 0.15) is 45.2 Å². The lowest BCUT2D eigenvalue weighted by Gasteiger charge is -2.14. The van der Waals surface area contributed by atoms with Crippen LogP contribution < -0.4 is 10.0 Å². The van der Waals surface area contributed by atoms with E-state index in [9.17, 15) is 18.3 Å². The fraction of sp³-hybridized carbons (Fsp3) is 0.375. The first-order chi connectivity index (χ1) is 11.8. The molecule has 0 amide bonds. The molecular weight excluding hydrogens is 362 g/mol. The fourth-order valence-corrected chi connectivity index (χ4v) is 5.96. The quantitative estimate of drug-likeness (QED) is 0.729. The molecule has 1 atom stereocenters. The number of carboxylic acid groups (broad SMARTS) is 1.